The monoisotopic (exact) mass is 406 g/mol. The molecule has 1 aromatic heterocycles. The molecule has 7 nitrogen and oxygen atoms in total. The Morgan fingerprint density at radius 2 is 1.79 bits per heavy atom. The van der Waals surface area contributed by atoms with Gasteiger partial charge in [-0.3, -0.25) is 4.79 Å². The third-order valence-corrected chi connectivity index (χ3v) is 7.68. The Bertz CT molecular complexity index is 983. The van der Waals surface area contributed by atoms with Gasteiger partial charge < -0.3 is 14.1 Å². The van der Waals surface area contributed by atoms with Crippen LogP contribution in [-0.2, 0) is 14.8 Å². The number of furan rings is 1. The molecule has 1 aromatic carbocycles. The number of sulfonamides is 1. The Labute approximate surface area is 165 Å². The summed E-state index contributed by atoms with van der Waals surface area (Å²) in [6.45, 7) is 7.14. The van der Waals surface area contributed by atoms with Crippen molar-refractivity contribution in [2.45, 2.75) is 31.6 Å². The molecule has 1 amide bonds. The Hall–Kier alpha value is -1.90. The first-order valence-electron chi connectivity index (χ1n) is 9.78. The lowest BCUT2D eigenvalue weighted by atomic mass is 10.0. The van der Waals surface area contributed by atoms with Gasteiger partial charge in [0.25, 0.3) is 5.91 Å². The lowest BCUT2D eigenvalue weighted by molar-refractivity contribution is 0.0283. The smallest absolute Gasteiger partial charge is 0.290 e. The molecule has 2 fully saturated rings. The van der Waals surface area contributed by atoms with Crippen LogP contribution in [0.3, 0.4) is 0 Å². The highest BCUT2D eigenvalue weighted by Crippen LogP contribution is 2.31. The van der Waals surface area contributed by atoms with Crippen molar-refractivity contribution in [3.63, 3.8) is 0 Å². The maximum Gasteiger partial charge on any atom is 0.290 e. The van der Waals surface area contributed by atoms with Crippen LogP contribution in [0.2, 0.25) is 0 Å². The molecule has 2 saturated heterocycles. The second kappa shape index (κ2) is 7.50. The Morgan fingerprint density at radius 3 is 2.46 bits per heavy atom. The maximum absolute atomic E-state index is 13.0. The number of nitrogens with zero attached hydrogens (tertiary/aromatic N) is 2. The predicted molar refractivity (Wildman–Crippen MR) is 105 cm³/mol. The van der Waals surface area contributed by atoms with E-state index in [1.54, 1.807) is 34.3 Å². The van der Waals surface area contributed by atoms with Crippen molar-refractivity contribution >= 4 is 26.9 Å². The van der Waals surface area contributed by atoms with Crippen molar-refractivity contribution in [2.75, 3.05) is 39.4 Å². The second-order valence-electron chi connectivity index (χ2n) is 7.71. The first kappa shape index (κ1) is 19.4. The minimum absolute atomic E-state index is 0.175. The van der Waals surface area contributed by atoms with E-state index in [4.69, 9.17) is 9.15 Å². The number of benzene rings is 1. The molecule has 0 atom stereocenters. The predicted octanol–water partition coefficient (Wildman–Crippen LogP) is 2.63. The van der Waals surface area contributed by atoms with Gasteiger partial charge >= 0.3 is 0 Å². The van der Waals surface area contributed by atoms with E-state index in [-0.39, 0.29) is 16.6 Å². The number of fused-ring (bicyclic) bond motifs is 1. The van der Waals surface area contributed by atoms with Crippen molar-refractivity contribution in [1.82, 2.24) is 9.21 Å². The third kappa shape index (κ3) is 3.44. The van der Waals surface area contributed by atoms with Crippen LogP contribution in [0, 0.1) is 12.8 Å². The molecule has 2 aliphatic heterocycles. The van der Waals surface area contributed by atoms with Gasteiger partial charge in [0.1, 0.15) is 5.58 Å². The first-order chi connectivity index (χ1) is 13.4. The van der Waals surface area contributed by atoms with Gasteiger partial charge in [-0.1, -0.05) is 6.92 Å². The number of morpholine rings is 1. The van der Waals surface area contributed by atoms with Crippen molar-refractivity contribution in [3.05, 3.63) is 29.5 Å². The van der Waals surface area contributed by atoms with Crippen molar-refractivity contribution in [1.29, 1.82) is 0 Å². The number of carbonyl (C=O) groups excluding carboxylic acids is 1. The van der Waals surface area contributed by atoms with Gasteiger partial charge in [-0.25, -0.2) is 8.42 Å². The number of amides is 1. The zero-order valence-corrected chi connectivity index (χ0v) is 17.1. The van der Waals surface area contributed by atoms with Crippen LogP contribution < -0.4 is 0 Å². The third-order valence-electron chi connectivity index (χ3n) is 5.78. The zero-order chi connectivity index (χ0) is 19.9. The molecule has 152 valence electrons. The van der Waals surface area contributed by atoms with E-state index >= 15 is 0 Å². The van der Waals surface area contributed by atoms with Crippen LogP contribution in [0.15, 0.2) is 27.5 Å². The van der Waals surface area contributed by atoms with E-state index in [0.717, 1.165) is 12.8 Å². The summed E-state index contributed by atoms with van der Waals surface area (Å²) in [5.74, 6) is 0.656. The van der Waals surface area contributed by atoms with Crippen molar-refractivity contribution in [3.8, 4) is 0 Å². The molecule has 0 spiro atoms. The van der Waals surface area contributed by atoms with Crippen molar-refractivity contribution in [2.24, 2.45) is 5.92 Å². The fraction of sp³-hybridized carbons (Fsp3) is 0.550. The molecule has 2 aromatic rings. The van der Waals surface area contributed by atoms with Crippen LogP contribution in [0.5, 0.6) is 0 Å². The average molecular weight is 407 g/mol. The van der Waals surface area contributed by atoms with Gasteiger partial charge in [0.2, 0.25) is 10.0 Å². The molecule has 3 heterocycles. The number of hydrogen-bond donors (Lipinski definition) is 0. The molecule has 0 N–H and O–H groups in total. The fourth-order valence-corrected chi connectivity index (χ4v) is 5.35. The minimum Gasteiger partial charge on any atom is -0.451 e. The van der Waals surface area contributed by atoms with E-state index in [1.165, 1.54) is 0 Å². The Morgan fingerprint density at radius 1 is 1.11 bits per heavy atom. The standard InChI is InChI=1S/C20H26N2O5S/c1-14-5-7-22(8-6-14)28(24,25)16-3-4-18-17(13-16)15(2)19(27-18)20(23)21-9-11-26-12-10-21/h3-4,13-14H,5-12H2,1-2H3. The summed E-state index contributed by atoms with van der Waals surface area (Å²) in [4.78, 5) is 14.8. The molecule has 0 unspecified atom stereocenters. The summed E-state index contributed by atoms with van der Waals surface area (Å²) in [6, 6.07) is 4.86. The van der Waals surface area contributed by atoms with Gasteiger partial charge in [0, 0.05) is 37.1 Å². The van der Waals surface area contributed by atoms with E-state index in [9.17, 15) is 13.2 Å². The van der Waals surface area contributed by atoms with Crippen LogP contribution in [-0.4, -0.2) is 62.9 Å². The number of carbonyl (C=O) groups is 1. The van der Waals surface area contributed by atoms with Crippen LogP contribution in [0.25, 0.3) is 11.0 Å². The minimum atomic E-state index is -3.55. The average Bonchev–Trinajstić information content (AvgIpc) is 3.04. The quantitative estimate of drug-likeness (QED) is 0.783. The van der Waals surface area contributed by atoms with Crippen LogP contribution in [0.1, 0.15) is 35.9 Å². The normalized spacial score (nSPS) is 20.0. The molecule has 0 bridgehead atoms. The number of aryl methyl sites for hydroxylation is 1. The second-order valence-corrected chi connectivity index (χ2v) is 9.64. The highest BCUT2D eigenvalue weighted by atomic mass is 32.2. The number of rotatable bonds is 3. The topological polar surface area (TPSA) is 80.1 Å². The molecule has 2 aliphatic rings. The van der Waals surface area contributed by atoms with E-state index in [2.05, 4.69) is 6.92 Å². The van der Waals surface area contributed by atoms with E-state index in [1.807, 2.05) is 0 Å². The van der Waals surface area contributed by atoms with E-state index < -0.39 is 10.0 Å². The SMILES string of the molecule is Cc1c(C(=O)N2CCOCC2)oc2ccc(S(=O)(=O)N3CCC(C)CC3)cc12. The van der Waals surface area contributed by atoms with Gasteiger partial charge in [0.05, 0.1) is 18.1 Å². The van der Waals surface area contributed by atoms with Crippen LogP contribution >= 0.6 is 0 Å². The molecule has 0 radical (unpaired) electrons. The number of piperidine rings is 1. The number of ether oxygens (including phenoxy) is 1. The molecular formula is C20H26N2O5S. The number of hydrogen-bond acceptors (Lipinski definition) is 5. The molecule has 28 heavy (non-hydrogen) atoms. The summed E-state index contributed by atoms with van der Waals surface area (Å²) < 4.78 is 38.7. The fourth-order valence-electron chi connectivity index (χ4n) is 3.85. The summed E-state index contributed by atoms with van der Waals surface area (Å²) in [7, 11) is -3.55. The van der Waals surface area contributed by atoms with Gasteiger partial charge in [-0.2, -0.15) is 4.31 Å². The molecule has 8 heteroatoms. The highest BCUT2D eigenvalue weighted by Gasteiger charge is 2.30. The molecule has 4 rings (SSSR count). The Balaban J connectivity index is 1.66. The summed E-state index contributed by atoms with van der Waals surface area (Å²) in [6.07, 6.45) is 1.76. The van der Waals surface area contributed by atoms with Crippen molar-refractivity contribution < 1.29 is 22.4 Å². The molecular weight excluding hydrogens is 380 g/mol. The summed E-state index contributed by atoms with van der Waals surface area (Å²) in [5, 5.41) is 0.670. The molecule has 0 aliphatic carbocycles. The van der Waals surface area contributed by atoms with Gasteiger partial charge in [-0.05, 0) is 43.9 Å². The van der Waals surface area contributed by atoms with Gasteiger partial charge in [-0.15, -0.1) is 0 Å². The first-order valence-corrected chi connectivity index (χ1v) is 11.2. The summed E-state index contributed by atoms with van der Waals surface area (Å²) >= 11 is 0. The van der Waals surface area contributed by atoms with Crippen LogP contribution in [0.4, 0.5) is 0 Å². The largest absolute Gasteiger partial charge is 0.451 e. The van der Waals surface area contributed by atoms with E-state index in [0.29, 0.717) is 61.8 Å². The Kier molecular flexibility index (Phi) is 5.20. The highest BCUT2D eigenvalue weighted by molar-refractivity contribution is 7.89. The lowest BCUT2D eigenvalue weighted by Crippen LogP contribution is -2.40. The maximum atomic E-state index is 13.0. The summed E-state index contributed by atoms with van der Waals surface area (Å²) in [5.41, 5.74) is 1.20. The molecule has 0 saturated carbocycles. The van der Waals surface area contributed by atoms with Gasteiger partial charge in [0.15, 0.2) is 5.76 Å². The zero-order valence-electron chi connectivity index (χ0n) is 16.3. The lowest BCUT2D eigenvalue weighted by Gasteiger charge is -2.29.